The Labute approximate surface area is 75.1 Å². The summed E-state index contributed by atoms with van der Waals surface area (Å²) in [6, 6.07) is 3.39. The van der Waals surface area contributed by atoms with Crippen LogP contribution in [0.1, 0.15) is 0 Å². The maximum atomic E-state index is 8.42. The fraction of sp³-hybridized carbons (Fsp3) is 0.286. The lowest BCUT2D eigenvalue weighted by Gasteiger charge is -2.05. The van der Waals surface area contributed by atoms with E-state index in [1.54, 1.807) is 18.3 Å². The average Bonchev–Trinajstić information content (AvgIpc) is 2.09. The molecule has 2 N–H and O–H groups in total. The standard InChI is InChI=1S/C7H9ClN2O2/c8-7-6(2-1-3-9-7)12-10-4-5-11/h1-3,10-11H,4-5H2. The van der Waals surface area contributed by atoms with Gasteiger partial charge in [-0.15, -0.1) is 0 Å². The van der Waals surface area contributed by atoms with Gasteiger partial charge in [0.05, 0.1) is 13.2 Å². The SMILES string of the molecule is OCCNOc1cccnc1Cl. The Morgan fingerprint density at radius 1 is 1.67 bits per heavy atom. The van der Waals surface area contributed by atoms with E-state index in [1.807, 2.05) is 0 Å². The smallest absolute Gasteiger partial charge is 0.184 e. The van der Waals surface area contributed by atoms with Gasteiger partial charge in [0, 0.05) is 6.20 Å². The van der Waals surface area contributed by atoms with Crippen molar-refractivity contribution in [3.05, 3.63) is 23.5 Å². The Bertz CT molecular complexity index is 245. The van der Waals surface area contributed by atoms with Crippen molar-refractivity contribution < 1.29 is 9.94 Å². The van der Waals surface area contributed by atoms with E-state index in [-0.39, 0.29) is 6.61 Å². The number of nitrogens with one attached hydrogen (secondary N) is 1. The van der Waals surface area contributed by atoms with E-state index in [9.17, 15) is 0 Å². The summed E-state index contributed by atoms with van der Waals surface area (Å²) >= 11 is 5.66. The van der Waals surface area contributed by atoms with Crippen LogP contribution in [-0.4, -0.2) is 23.2 Å². The second-order valence-corrected chi connectivity index (χ2v) is 2.37. The number of rotatable bonds is 4. The molecular formula is C7H9ClN2O2. The van der Waals surface area contributed by atoms with Gasteiger partial charge < -0.3 is 9.94 Å². The highest BCUT2D eigenvalue weighted by Crippen LogP contribution is 2.18. The summed E-state index contributed by atoms with van der Waals surface area (Å²) in [7, 11) is 0. The van der Waals surface area contributed by atoms with Crippen molar-refractivity contribution in [3.8, 4) is 5.75 Å². The second kappa shape index (κ2) is 4.92. The van der Waals surface area contributed by atoms with Gasteiger partial charge in [0.2, 0.25) is 0 Å². The van der Waals surface area contributed by atoms with Gasteiger partial charge >= 0.3 is 0 Å². The molecule has 0 saturated heterocycles. The van der Waals surface area contributed by atoms with Crippen molar-refractivity contribution in [2.45, 2.75) is 0 Å². The van der Waals surface area contributed by atoms with Crippen LogP contribution >= 0.6 is 11.6 Å². The summed E-state index contributed by atoms with van der Waals surface area (Å²) in [4.78, 5) is 8.77. The molecule has 0 unspecified atom stereocenters. The Morgan fingerprint density at radius 3 is 3.17 bits per heavy atom. The Morgan fingerprint density at radius 2 is 2.50 bits per heavy atom. The van der Waals surface area contributed by atoms with Gasteiger partial charge in [0.15, 0.2) is 10.9 Å². The first-order valence-electron chi connectivity index (χ1n) is 3.45. The van der Waals surface area contributed by atoms with Gasteiger partial charge in [0.25, 0.3) is 0 Å². The largest absolute Gasteiger partial charge is 0.405 e. The lowest BCUT2D eigenvalue weighted by Crippen LogP contribution is -2.22. The maximum Gasteiger partial charge on any atom is 0.184 e. The van der Waals surface area contributed by atoms with E-state index in [0.29, 0.717) is 17.4 Å². The number of halogens is 1. The molecule has 0 bridgehead atoms. The van der Waals surface area contributed by atoms with Crippen molar-refractivity contribution in [1.29, 1.82) is 0 Å². The summed E-state index contributed by atoms with van der Waals surface area (Å²) in [5, 5.41) is 8.72. The van der Waals surface area contributed by atoms with Crippen LogP contribution < -0.4 is 10.3 Å². The quantitative estimate of drug-likeness (QED) is 0.413. The van der Waals surface area contributed by atoms with Crippen LogP contribution in [0.2, 0.25) is 5.15 Å². The molecule has 0 spiro atoms. The third kappa shape index (κ3) is 2.65. The van der Waals surface area contributed by atoms with Crippen molar-refractivity contribution in [2.75, 3.05) is 13.2 Å². The van der Waals surface area contributed by atoms with Crippen LogP contribution in [0.5, 0.6) is 5.75 Å². The van der Waals surface area contributed by atoms with Gasteiger partial charge in [-0.1, -0.05) is 11.6 Å². The zero-order valence-electron chi connectivity index (χ0n) is 6.33. The molecule has 1 aromatic rings. The lowest BCUT2D eigenvalue weighted by atomic mass is 10.5. The fourth-order valence-electron chi connectivity index (χ4n) is 0.622. The molecule has 0 amide bonds. The summed E-state index contributed by atoms with van der Waals surface area (Å²) < 4.78 is 0. The van der Waals surface area contributed by atoms with E-state index < -0.39 is 0 Å². The minimum Gasteiger partial charge on any atom is -0.405 e. The van der Waals surface area contributed by atoms with Crippen LogP contribution in [0.25, 0.3) is 0 Å². The number of hydrogen-bond donors (Lipinski definition) is 2. The van der Waals surface area contributed by atoms with E-state index in [2.05, 4.69) is 10.5 Å². The molecule has 4 nitrogen and oxygen atoms in total. The van der Waals surface area contributed by atoms with E-state index in [1.165, 1.54) is 0 Å². The molecule has 12 heavy (non-hydrogen) atoms. The molecule has 1 rings (SSSR count). The molecule has 0 radical (unpaired) electrons. The van der Waals surface area contributed by atoms with Crippen molar-refractivity contribution in [1.82, 2.24) is 10.5 Å². The molecule has 0 aromatic carbocycles. The van der Waals surface area contributed by atoms with Crippen LogP contribution in [-0.2, 0) is 0 Å². The molecule has 1 aromatic heterocycles. The predicted octanol–water partition coefficient (Wildman–Crippen LogP) is 0.611. The van der Waals surface area contributed by atoms with Gasteiger partial charge in [-0.3, -0.25) is 0 Å². The van der Waals surface area contributed by atoms with Gasteiger partial charge in [0.1, 0.15) is 0 Å². The number of aromatic nitrogens is 1. The normalized spacial score (nSPS) is 9.83. The summed E-state index contributed by atoms with van der Waals surface area (Å²) in [6.45, 7) is 0.364. The Kier molecular flexibility index (Phi) is 3.79. The molecule has 1 heterocycles. The van der Waals surface area contributed by atoms with Gasteiger partial charge in [-0.25, -0.2) is 4.98 Å². The molecule has 0 aliphatic heterocycles. The zero-order valence-corrected chi connectivity index (χ0v) is 7.08. The minimum absolute atomic E-state index is 0.0118. The Hall–Kier alpha value is -0.840. The molecule has 0 saturated carbocycles. The molecular weight excluding hydrogens is 180 g/mol. The fourth-order valence-corrected chi connectivity index (χ4v) is 0.780. The summed E-state index contributed by atoms with van der Waals surface area (Å²) in [5.74, 6) is 0.451. The van der Waals surface area contributed by atoms with Crippen molar-refractivity contribution in [2.24, 2.45) is 0 Å². The van der Waals surface area contributed by atoms with Crippen LogP contribution in [0.3, 0.4) is 0 Å². The van der Waals surface area contributed by atoms with Crippen molar-refractivity contribution in [3.63, 3.8) is 0 Å². The minimum atomic E-state index is 0.0118. The summed E-state index contributed by atoms with van der Waals surface area (Å²) in [6.07, 6.45) is 1.57. The molecule has 0 fully saturated rings. The van der Waals surface area contributed by atoms with Crippen LogP contribution in [0.15, 0.2) is 18.3 Å². The molecule has 5 heteroatoms. The predicted molar refractivity (Wildman–Crippen MR) is 45.0 cm³/mol. The third-order valence-electron chi connectivity index (χ3n) is 1.12. The first-order valence-corrected chi connectivity index (χ1v) is 3.83. The van der Waals surface area contributed by atoms with E-state index >= 15 is 0 Å². The second-order valence-electron chi connectivity index (χ2n) is 2.01. The van der Waals surface area contributed by atoms with E-state index in [0.717, 1.165) is 0 Å². The van der Waals surface area contributed by atoms with Crippen LogP contribution in [0, 0.1) is 0 Å². The molecule has 0 aliphatic rings. The number of pyridine rings is 1. The highest BCUT2D eigenvalue weighted by atomic mass is 35.5. The first-order chi connectivity index (χ1) is 5.84. The first kappa shape index (κ1) is 9.25. The lowest BCUT2D eigenvalue weighted by molar-refractivity contribution is 0.163. The number of hydroxylamine groups is 1. The number of hydrogen-bond acceptors (Lipinski definition) is 4. The number of aliphatic hydroxyl groups is 1. The molecule has 0 aliphatic carbocycles. The summed E-state index contributed by atoms with van der Waals surface area (Å²) in [5.41, 5.74) is 2.52. The highest BCUT2D eigenvalue weighted by Gasteiger charge is 1.99. The van der Waals surface area contributed by atoms with Crippen LogP contribution in [0.4, 0.5) is 0 Å². The third-order valence-corrected chi connectivity index (χ3v) is 1.40. The average molecular weight is 189 g/mol. The monoisotopic (exact) mass is 188 g/mol. The maximum absolute atomic E-state index is 8.42. The van der Waals surface area contributed by atoms with E-state index in [4.69, 9.17) is 21.5 Å². The highest BCUT2D eigenvalue weighted by molar-refractivity contribution is 6.30. The topological polar surface area (TPSA) is 54.4 Å². The van der Waals surface area contributed by atoms with Gasteiger partial charge in [-0.2, -0.15) is 5.48 Å². The molecule has 66 valence electrons. The van der Waals surface area contributed by atoms with Gasteiger partial charge in [-0.05, 0) is 12.1 Å². The Balaban J connectivity index is 2.46. The zero-order chi connectivity index (χ0) is 8.81. The van der Waals surface area contributed by atoms with Crippen molar-refractivity contribution >= 4 is 11.6 Å². The number of nitrogens with zero attached hydrogens (tertiary/aromatic N) is 1. The molecule has 0 atom stereocenters. The number of aliphatic hydroxyl groups excluding tert-OH is 1.